The number of benzene rings is 2. The lowest BCUT2D eigenvalue weighted by atomic mass is 10.1. The van der Waals surface area contributed by atoms with Gasteiger partial charge in [0.05, 0.1) is 10.2 Å². The zero-order valence-corrected chi connectivity index (χ0v) is 12.9. The average molecular weight is 315 g/mol. The van der Waals surface area contributed by atoms with Crippen molar-refractivity contribution in [2.75, 3.05) is 5.43 Å². The number of thiazole rings is 1. The van der Waals surface area contributed by atoms with E-state index in [0.717, 1.165) is 21.3 Å². The van der Waals surface area contributed by atoms with Crippen LogP contribution < -0.4 is 10.9 Å². The summed E-state index contributed by atoms with van der Waals surface area (Å²) >= 11 is 1.46. The fraction of sp³-hybridized carbons (Fsp3) is 0.125. The largest absolute Gasteiger partial charge is 0.273 e. The Balaban J connectivity index is 1.76. The number of hydrazine groups is 1. The van der Waals surface area contributed by atoms with Crippen LogP contribution in [0.5, 0.6) is 0 Å². The van der Waals surface area contributed by atoms with Gasteiger partial charge in [-0.2, -0.15) is 0 Å². The van der Waals surface area contributed by atoms with Crippen LogP contribution in [0.4, 0.5) is 9.52 Å². The van der Waals surface area contributed by atoms with Gasteiger partial charge in [-0.3, -0.25) is 15.6 Å². The molecule has 6 heteroatoms. The Morgan fingerprint density at radius 1 is 1.23 bits per heavy atom. The molecule has 0 aliphatic heterocycles. The summed E-state index contributed by atoms with van der Waals surface area (Å²) < 4.78 is 14.2. The van der Waals surface area contributed by atoms with E-state index in [1.165, 1.54) is 29.5 Å². The number of hydrogen-bond acceptors (Lipinski definition) is 4. The van der Waals surface area contributed by atoms with Crippen LogP contribution in [0.2, 0.25) is 0 Å². The summed E-state index contributed by atoms with van der Waals surface area (Å²) in [5.41, 5.74) is 8.75. The van der Waals surface area contributed by atoms with Gasteiger partial charge >= 0.3 is 0 Å². The highest BCUT2D eigenvalue weighted by atomic mass is 32.1. The number of halogens is 1. The second-order valence-electron chi connectivity index (χ2n) is 5.04. The number of anilines is 1. The van der Waals surface area contributed by atoms with Gasteiger partial charge in [0.25, 0.3) is 5.91 Å². The summed E-state index contributed by atoms with van der Waals surface area (Å²) in [5.74, 6) is -0.856. The molecule has 0 aliphatic rings. The fourth-order valence-electron chi connectivity index (χ4n) is 2.24. The highest BCUT2D eigenvalue weighted by Crippen LogP contribution is 2.29. The SMILES string of the molecule is Cc1cc(C)c2sc(NNC(=O)c3cccc(F)c3)nc2c1. The molecule has 1 aromatic heterocycles. The van der Waals surface area contributed by atoms with Gasteiger partial charge in [0.15, 0.2) is 0 Å². The number of carbonyl (C=O) groups is 1. The van der Waals surface area contributed by atoms with E-state index < -0.39 is 11.7 Å². The molecule has 3 aromatic rings. The van der Waals surface area contributed by atoms with E-state index in [0.29, 0.717) is 5.13 Å². The quantitative estimate of drug-likeness (QED) is 0.723. The topological polar surface area (TPSA) is 54.0 Å². The lowest BCUT2D eigenvalue weighted by Gasteiger charge is -2.05. The van der Waals surface area contributed by atoms with E-state index in [1.807, 2.05) is 19.9 Å². The Morgan fingerprint density at radius 2 is 2.05 bits per heavy atom. The smallest absolute Gasteiger partial charge is 0.269 e. The third kappa shape index (κ3) is 2.92. The van der Waals surface area contributed by atoms with Gasteiger partial charge in [0.1, 0.15) is 5.82 Å². The molecule has 0 atom stereocenters. The predicted molar refractivity (Wildman–Crippen MR) is 86.6 cm³/mol. The fourth-order valence-corrected chi connectivity index (χ4v) is 3.11. The molecule has 0 saturated carbocycles. The van der Waals surface area contributed by atoms with Crippen molar-refractivity contribution < 1.29 is 9.18 Å². The van der Waals surface area contributed by atoms with Crippen LogP contribution in [0.25, 0.3) is 10.2 Å². The Labute approximate surface area is 131 Å². The van der Waals surface area contributed by atoms with Crippen molar-refractivity contribution in [1.29, 1.82) is 0 Å². The molecule has 3 rings (SSSR count). The number of rotatable bonds is 3. The molecule has 0 radical (unpaired) electrons. The van der Waals surface area contributed by atoms with Crippen molar-refractivity contribution in [2.24, 2.45) is 0 Å². The standard InChI is InChI=1S/C16H14FN3OS/c1-9-6-10(2)14-13(7-9)18-16(22-14)20-19-15(21)11-4-3-5-12(17)8-11/h3-8H,1-2H3,(H,18,20)(H,19,21). The number of carbonyl (C=O) groups excluding carboxylic acids is 1. The molecule has 2 N–H and O–H groups in total. The van der Waals surface area contributed by atoms with E-state index in [-0.39, 0.29) is 5.56 Å². The van der Waals surface area contributed by atoms with Crippen molar-refractivity contribution in [3.63, 3.8) is 0 Å². The van der Waals surface area contributed by atoms with E-state index >= 15 is 0 Å². The predicted octanol–water partition coefficient (Wildman–Crippen LogP) is 3.81. The van der Waals surface area contributed by atoms with E-state index in [2.05, 4.69) is 21.9 Å². The lowest BCUT2D eigenvalue weighted by Crippen LogP contribution is -2.29. The van der Waals surface area contributed by atoms with Crippen molar-refractivity contribution in [3.05, 3.63) is 58.9 Å². The lowest BCUT2D eigenvalue weighted by molar-refractivity contribution is 0.0962. The van der Waals surface area contributed by atoms with Gasteiger partial charge in [-0.1, -0.05) is 23.5 Å². The number of nitrogens with one attached hydrogen (secondary N) is 2. The van der Waals surface area contributed by atoms with Gasteiger partial charge in [0, 0.05) is 5.56 Å². The molecular weight excluding hydrogens is 301 g/mol. The maximum atomic E-state index is 13.1. The summed E-state index contributed by atoms with van der Waals surface area (Å²) in [6.45, 7) is 4.05. The highest BCUT2D eigenvalue weighted by molar-refractivity contribution is 7.22. The van der Waals surface area contributed by atoms with Crippen LogP contribution >= 0.6 is 11.3 Å². The minimum atomic E-state index is -0.446. The van der Waals surface area contributed by atoms with Gasteiger partial charge in [0.2, 0.25) is 5.13 Å². The molecule has 0 saturated heterocycles. The van der Waals surface area contributed by atoms with Gasteiger partial charge in [-0.25, -0.2) is 9.37 Å². The average Bonchev–Trinajstić information content (AvgIpc) is 2.88. The zero-order valence-electron chi connectivity index (χ0n) is 12.1. The first-order valence-electron chi connectivity index (χ1n) is 6.72. The van der Waals surface area contributed by atoms with Crippen molar-refractivity contribution in [3.8, 4) is 0 Å². The van der Waals surface area contributed by atoms with E-state index in [9.17, 15) is 9.18 Å². The molecule has 0 spiro atoms. The first kappa shape index (κ1) is 14.5. The Kier molecular flexibility index (Phi) is 3.77. The number of aromatic nitrogens is 1. The second-order valence-corrected chi connectivity index (χ2v) is 6.04. The minimum absolute atomic E-state index is 0.251. The van der Waals surface area contributed by atoms with Crippen LogP contribution in [0.3, 0.4) is 0 Å². The molecule has 22 heavy (non-hydrogen) atoms. The molecule has 0 bridgehead atoms. The number of amides is 1. The second kappa shape index (κ2) is 5.73. The highest BCUT2D eigenvalue weighted by Gasteiger charge is 2.09. The molecule has 0 aliphatic carbocycles. The van der Waals surface area contributed by atoms with Crippen molar-refractivity contribution in [2.45, 2.75) is 13.8 Å². The summed E-state index contributed by atoms with van der Waals surface area (Å²) in [6, 6.07) is 9.61. The maximum absolute atomic E-state index is 13.1. The number of nitrogens with zero attached hydrogens (tertiary/aromatic N) is 1. The Hall–Kier alpha value is -2.47. The van der Waals surface area contributed by atoms with E-state index in [1.54, 1.807) is 6.07 Å². The van der Waals surface area contributed by atoms with E-state index in [4.69, 9.17) is 0 Å². The molecular formula is C16H14FN3OS. The normalized spacial score (nSPS) is 10.7. The zero-order chi connectivity index (χ0) is 15.7. The summed E-state index contributed by atoms with van der Waals surface area (Å²) in [6.07, 6.45) is 0. The third-order valence-electron chi connectivity index (χ3n) is 3.19. The molecule has 0 unspecified atom stereocenters. The Bertz CT molecular complexity index is 860. The minimum Gasteiger partial charge on any atom is -0.273 e. The summed E-state index contributed by atoms with van der Waals surface area (Å²) in [7, 11) is 0. The van der Waals surface area contributed by atoms with Crippen LogP contribution in [-0.2, 0) is 0 Å². The molecule has 2 aromatic carbocycles. The number of fused-ring (bicyclic) bond motifs is 1. The first-order valence-corrected chi connectivity index (χ1v) is 7.54. The van der Waals surface area contributed by atoms with Crippen molar-refractivity contribution in [1.82, 2.24) is 10.4 Å². The molecule has 0 fully saturated rings. The number of hydrogen-bond donors (Lipinski definition) is 2. The van der Waals surface area contributed by atoms with Gasteiger partial charge in [-0.15, -0.1) is 0 Å². The summed E-state index contributed by atoms with van der Waals surface area (Å²) in [5, 5.41) is 0.591. The maximum Gasteiger partial charge on any atom is 0.269 e. The molecule has 4 nitrogen and oxygen atoms in total. The van der Waals surface area contributed by atoms with Crippen LogP contribution in [0.1, 0.15) is 21.5 Å². The van der Waals surface area contributed by atoms with Gasteiger partial charge < -0.3 is 0 Å². The Morgan fingerprint density at radius 3 is 2.82 bits per heavy atom. The first-order chi connectivity index (χ1) is 10.5. The summed E-state index contributed by atoms with van der Waals surface area (Å²) in [4.78, 5) is 16.4. The van der Waals surface area contributed by atoms with Crippen LogP contribution in [-0.4, -0.2) is 10.9 Å². The van der Waals surface area contributed by atoms with Crippen LogP contribution in [0.15, 0.2) is 36.4 Å². The molecule has 1 heterocycles. The number of aryl methyl sites for hydroxylation is 2. The monoisotopic (exact) mass is 315 g/mol. The molecule has 1 amide bonds. The van der Waals surface area contributed by atoms with Crippen LogP contribution in [0, 0.1) is 19.7 Å². The third-order valence-corrected chi connectivity index (χ3v) is 4.31. The molecule has 112 valence electrons. The van der Waals surface area contributed by atoms with Crippen molar-refractivity contribution >= 4 is 32.6 Å². The van der Waals surface area contributed by atoms with Gasteiger partial charge in [-0.05, 0) is 49.2 Å².